The molecule has 0 aromatic heterocycles. The van der Waals surface area contributed by atoms with Gasteiger partial charge in [-0.05, 0) is 60.2 Å². The number of carbonyl (C=O) groups is 1. The van der Waals surface area contributed by atoms with Crippen LogP contribution in [0.5, 0.6) is 5.75 Å². The Bertz CT molecular complexity index is 1050. The van der Waals surface area contributed by atoms with Crippen LogP contribution < -0.4 is 4.74 Å². The lowest BCUT2D eigenvalue weighted by Gasteiger charge is -2.15. The first-order valence-corrected chi connectivity index (χ1v) is 9.70. The molecule has 0 amide bonds. The minimum atomic E-state index is -1.19. The molecule has 0 saturated heterocycles. The quantitative estimate of drug-likeness (QED) is 0.370. The van der Waals surface area contributed by atoms with Crippen molar-refractivity contribution in [3.05, 3.63) is 93.0 Å². The van der Waals surface area contributed by atoms with Gasteiger partial charge in [0.2, 0.25) is 0 Å². The van der Waals surface area contributed by atoms with Crippen LogP contribution in [0.1, 0.15) is 17.5 Å². The highest BCUT2D eigenvalue weighted by Gasteiger charge is 2.24. The number of aryl methyl sites for hydroxylation is 2. The molecule has 0 radical (unpaired) electrons. The van der Waals surface area contributed by atoms with Gasteiger partial charge in [-0.15, -0.1) is 0 Å². The van der Waals surface area contributed by atoms with Gasteiger partial charge in [-0.1, -0.05) is 54.1 Å². The Morgan fingerprint density at radius 2 is 1.67 bits per heavy atom. The van der Waals surface area contributed by atoms with E-state index < -0.39 is 17.0 Å². The molecule has 0 fully saturated rings. The first kappa shape index (κ1) is 21.3. The van der Waals surface area contributed by atoms with Gasteiger partial charge in [-0.2, -0.15) is 0 Å². The number of hydrogen-bond donors (Lipinski definition) is 1. The zero-order chi connectivity index (χ0) is 21.7. The number of nitrogens with zero attached hydrogens (tertiary/aromatic N) is 1. The number of carboxylic acid groups (broad SMARTS) is 1. The number of hydrogen-bond acceptors (Lipinski definition) is 4. The van der Waals surface area contributed by atoms with Crippen molar-refractivity contribution in [3.8, 4) is 16.9 Å². The van der Waals surface area contributed by atoms with Crippen LogP contribution in [0.15, 0.2) is 66.7 Å². The van der Waals surface area contributed by atoms with E-state index >= 15 is 0 Å². The van der Waals surface area contributed by atoms with Crippen molar-refractivity contribution in [1.82, 2.24) is 0 Å². The SMILES string of the molecule is Cc1ccc([N+](=O)[O-])c(OC(CCc2ccc(-c3ccc(Cl)cc3)cc2)C(=O)O)c1. The molecule has 154 valence electrons. The lowest BCUT2D eigenvalue weighted by molar-refractivity contribution is -0.386. The molecule has 0 spiro atoms. The summed E-state index contributed by atoms with van der Waals surface area (Å²) in [5, 5.41) is 21.4. The standard InChI is InChI=1S/C23H20ClNO5/c1-15-2-12-20(25(28)29)22(14-15)30-21(23(26)27)13-5-16-3-6-17(7-4-16)18-8-10-19(24)11-9-18/h2-4,6-12,14,21H,5,13H2,1H3,(H,26,27). The van der Waals surface area contributed by atoms with E-state index in [4.69, 9.17) is 16.3 Å². The number of nitro groups is 1. The maximum atomic E-state index is 11.7. The summed E-state index contributed by atoms with van der Waals surface area (Å²) in [4.78, 5) is 22.3. The van der Waals surface area contributed by atoms with Crippen LogP contribution in [0.3, 0.4) is 0 Å². The summed E-state index contributed by atoms with van der Waals surface area (Å²) < 4.78 is 5.52. The Labute approximate surface area is 178 Å². The van der Waals surface area contributed by atoms with E-state index in [9.17, 15) is 20.0 Å². The van der Waals surface area contributed by atoms with Gasteiger partial charge < -0.3 is 9.84 Å². The zero-order valence-corrected chi connectivity index (χ0v) is 17.0. The molecule has 3 aromatic carbocycles. The molecule has 0 bridgehead atoms. The second-order valence-electron chi connectivity index (χ2n) is 6.92. The number of nitro benzene ring substituents is 1. The summed E-state index contributed by atoms with van der Waals surface area (Å²) >= 11 is 5.92. The van der Waals surface area contributed by atoms with Crippen LogP contribution in [0.4, 0.5) is 5.69 Å². The van der Waals surface area contributed by atoms with Gasteiger partial charge in [0.15, 0.2) is 11.9 Å². The average molecular weight is 426 g/mol. The van der Waals surface area contributed by atoms with E-state index in [1.807, 2.05) is 48.5 Å². The molecule has 1 atom stereocenters. The monoisotopic (exact) mass is 425 g/mol. The van der Waals surface area contributed by atoms with E-state index in [2.05, 4.69) is 0 Å². The van der Waals surface area contributed by atoms with Crippen molar-refractivity contribution in [3.63, 3.8) is 0 Å². The molecule has 0 aliphatic carbocycles. The predicted octanol–water partition coefficient (Wildman–Crippen LogP) is 5.69. The van der Waals surface area contributed by atoms with Crippen molar-refractivity contribution >= 4 is 23.3 Å². The van der Waals surface area contributed by atoms with Crippen LogP contribution in [0, 0.1) is 17.0 Å². The molecular weight excluding hydrogens is 406 g/mol. The number of ether oxygens (including phenoxy) is 1. The Hall–Kier alpha value is -3.38. The Morgan fingerprint density at radius 3 is 2.23 bits per heavy atom. The summed E-state index contributed by atoms with van der Waals surface area (Å²) in [6.45, 7) is 1.76. The molecule has 30 heavy (non-hydrogen) atoms. The molecule has 0 aliphatic heterocycles. The molecule has 7 heteroatoms. The van der Waals surface area contributed by atoms with Gasteiger partial charge in [-0.3, -0.25) is 10.1 Å². The highest BCUT2D eigenvalue weighted by molar-refractivity contribution is 6.30. The van der Waals surface area contributed by atoms with Crippen molar-refractivity contribution in [2.45, 2.75) is 25.9 Å². The molecule has 0 saturated carbocycles. The summed E-state index contributed by atoms with van der Waals surface area (Å²) in [5.74, 6) is -1.20. The topological polar surface area (TPSA) is 89.7 Å². The van der Waals surface area contributed by atoms with E-state index in [1.165, 1.54) is 12.1 Å². The molecular formula is C23H20ClNO5. The third-order valence-electron chi connectivity index (χ3n) is 4.68. The first-order valence-electron chi connectivity index (χ1n) is 9.33. The van der Waals surface area contributed by atoms with Crippen LogP contribution in [0.2, 0.25) is 5.02 Å². The second-order valence-corrected chi connectivity index (χ2v) is 7.35. The molecule has 1 unspecified atom stereocenters. The van der Waals surface area contributed by atoms with Crippen LogP contribution in [-0.2, 0) is 11.2 Å². The Morgan fingerprint density at radius 1 is 1.07 bits per heavy atom. The maximum absolute atomic E-state index is 11.7. The highest BCUT2D eigenvalue weighted by Crippen LogP contribution is 2.29. The van der Waals surface area contributed by atoms with E-state index in [0.29, 0.717) is 11.4 Å². The molecule has 0 heterocycles. The van der Waals surface area contributed by atoms with Gasteiger partial charge in [0.1, 0.15) is 0 Å². The molecule has 3 rings (SSSR count). The summed E-state index contributed by atoms with van der Waals surface area (Å²) in [7, 11) is 0. The fraction of sp³-hybridized carbons (Fsp3) is 0.174. The minimum Gasteiger partial charge on any atom is -0.479 e. The number of rotatable bonds is 8. The van der Waals surface area contributed by atoms with Gasteiger partial charge >= 0.3 is 11.7 Å². The average Bonchev–Trinajstić information content (AvgIpc) is 2.71. The minimum absolute atomic E-state index is 0.0366. The fourth-order valence-electron chi connectivity index (χ4n) is 3.06. The third-order valence-corrected chi connectivity index (χ3v) is 4.94. The highest BCUT2D eigenvalue weighted by atomic mass is 35.5. The summed E-state index contributed by atoms with van der Waals surface area (Å²) in [6, 6.07) is 19.7. The second kappa shape index (κ2) is 9.41. The largest absolute Gasteiger partial charge is 0.479 e. The fourth-order valence-corrected chi connectivity index (χ4v) is 3.18. The number of benzene rings is 3. The first-order chi connectivity index (χ1) is 14.3. The number of aliphatic carboxylic acids is 1. The van der Waals surface area contributed by atoms with Gasteiger partial charge in [0, 0.05) is 11.1 Å². The van der Waals surface area contributed by atoms with Crippen LogP contribution in [0.25, 0.3) is 11.1 Å². The Balaban J connectivity index is 1.70. The van der Waals surface area contributed by atoms with Gasteiger partial charge in [0.05, 0.1) is 4.92 Å². The lowest BCUT2D eigenvalue weighted by atomic mass is 10.0. The number of halogens is 1. The number of carboxylic acids is 1. The molecule has 1 N–H and O–H groups in total. The van der Waals surface area contributed by atoms with Crippen molar-refractivity contribution in [2.24, 2.45) is 0 Å². The Kier molecular flexibility index (Phi) is 6.69. The van der Waals surface area contributed by atoms with Crippen LogP contribution in [-0.4, -0.2) is 22.1 Å². The van der Waals surface area contributed by atoms with Crippen molar-refractivity contribution in [2.75, 3.05) is 0 Å². The van der Waals surface area contributed by atoms with E-state index in [-0.39, 0.29) is 17.9 Å². The summed E-state index contributed by atoms with van der Waals surface area (Å²) in [5.41, 5.74) is 3.50. The van der Waals surface area contributed by atoms with Crippen LogP contribution >= 0.6 is 11.6 Å². The predicted molar refractivity (Wildman–Crippen MR) is 115 cm³/mol. The smallest absolute Gasteiger partial charge is 0.344 e. The van der Waals surface area contributed by atoms with E-state index in [0.717, 1.165) is 22.3 Å². The van der Waals surface area contributed by atoms with Gasteiger partial charge in [-0.25, -0.2) is 4.79 Å². The summed E-state index contributed by atoms with van der Waals surface area (Å²) in [6.07, 6.45) is -0.556. The maximum Gasteiger partial charge on any atom is 0.344 e. The van der Waals surface area contributed by atoms with Gasteiger partial charge in [0.25, 0.3) is 0 Å². The lowest BCUT2D eigenvalue weighted by Crippen LogP contribution is -2.28. The normalized spacial score (nSPS) is 11.7. The molecule has 6 nitrogen and oxygen atoms in total. The molecule has 3 aromatic rings. The molecule has 0 aliphatic rings. The van der Waals surface area contributed by atoms with E-state index in [1.54, 1.807) is 13.0 Å². The van der Waals surface area contributed by atoms with Crippen molar-refractivity contribution in [1.29, 1.82) is 0 Å². The zero-order valence-electron chi connectivity index (χ0n) is 16.2. The third kappa shape index (κ3) is 5.36. The van der Waals surface area contributed by atoms with Crippen molar-refractivity contribution < 1.29 is 19.6 Å².